The van der Waals surface area contributed by atoms with Crippen molar-refractivity contribution < 1.29 is 14.3 Å². The van der Waals surface area contributed by atoms with Gasteiger partial charge in [0.25, 0.3) is 0 Å². The van der Waals surface area contributed by atoms with Gasteiger partial charge in [0.1, 0.15) is 5.60 Å². The summed E-state index contributed by atoms with van der Waals surface area (Å²) in [7, 11) is 1.73. The van der Waals surface area contributed by atoms with E-state index < -0.39 is 11.6 Å². The molecule has 24 heavy (non-hydrogen) atoms. The van der Waals surface area contributed by atoms with Gasteiger partial charge in [-0.25, -0.2) is 0 Å². The fourth-order valence-corrected chi connectivity index (χ4v) is 5.30. The van der Waals surface area contributed by atoms with Crippen LogP contribution in [0.2, 0.25) is 0 Å². The molecule has 0 aromatic heterocycles. The van der Waals surface area contributed by atoms with Gasteiger partial charge in [-0.05, 0) is 83.6 Å². The van der Waals surface area contributed by atoms with Crippen LogP contribution in [0.25, 0.3) is 0 Å². The van der Waals surface area contributed by atoms with Crippen LogP contribution in [0.1, 0.15) is 59.3 Å². The molecular formula is C19H32N2O3. The van der Waals surface area contributed by atoms with Crippen molar-refractivity contribution in [2.75, 3.05) is 7.05 Å². The SMILES string of the molecule is CN[C@@H](CC(=O)OC(C)(C)C)C(=O)NC1C2CC3CC(C2)CC1C3. The van der Waals surface area contributed by atoms with Crippen molar-refractivity contribution in [2.24, 2.45) is 23.7 Å². The van der Waals surface area contributed by atoms with Gasteiger partial charge in [-0.1, -0.05) is 0 Å². The van der Waals surface area contributed by atoms with Gasteiger partial charge >= 0.3 is 5.97 Å². The maximum Gasteiger partial charge on any atom is 0.308 e. The van der Waals surface area contributed by atoms with Gasteiger partial charge < -0.3 is 15.4 Å². The molecule has 5 heteroatoms. The van der Waals surface area contributed by atoms with Gasteiger partial charge in [-0.15, -0.1) is 0 Å². The Morgan fingerprint density at radius 3 is 2.04 bits per heavy atom. The molecule has 5 nitrogen and oxygen atoms in total. The first-order valence-corrected chi connectivity index (χ1v) is 9.44. The summed E-state index contributed by atoms with van der Waals surface area (Å²) in [5, 5.41) is 6.25. The summed E-state index contributed by atoms with van der Waals surface area (Å²) in [5.41, 5.74) is -0.521. The molecule has 136 valence electrons. The zero-order valence-corrected chi connectivity index (χ0v) is 15.4. The highest BCUT2D eigenvalue weighted by Crippen LogP contribution is 2.53. The highest BCUT2D eigenvalue weighted by Gasteiger charge is 2.48. The van der Waals surface area contributed by atoms with Crippen LogP contribution in [0.3, 0.4) is 0 Å². The lowest BCUT2D eigenvalue weighted by Crippen LogP contribution is -2.58. The van der Waals surface area contributed by atoms with E-state index in [9.17, 15) is 9.59 Å². The Bertz CT molecular complexity index is 469. The molecule has 0 radical (unpaired) electrons. The van der Waals surface area contributed by atoms with E-state index in [0.717, 1.165) is 11.8 Å². The topological polar surface area (TPSA) is 67.4 Å². The number of amides is 1. The van der Waals surface area contributed by atoms with Crippen molar-refractivity contribution in [1.29, 1.82) is 0 Å². The van der Waals surface area contributed by atoms with Gasteiger partial charge in [0.15, 0.2) is 0 Å². The first-order chi connectivity index (χ1) is 11.2. The Morgan fingerprint density at radius 2 is 1.58 bits per heavy atom. The molecule has 1 atom stereocenters. The van der Waals surface area contributed by atoms with E-state index in [-0.39, 0.29) is 18.3 Å². The van der Waals surface area contributed by atoms with Gasteiger partial charge in [-0.3, -0.25) is 9.59 Å². The molecule has 0 heterocycles. The molecule has 0 saturated heterocycles. The molecule has 0 aromatic carbocycles. The molecule has 4 bridgehead atoms. The lowest BCUT2D eigenvalue weighted by molar-refractivity contribution is -0.156. The van der Waals surface area contributed by atoms with E-state index in [2.05, 4.69) is 10.6 Å². The third-order valence-electron chi connectivity index (χ3n) is 5.99. The van der Waals surface area contributed by atoms with Crippen molar-refractivity contribution in [2.45, 2.75) is 77.0 Å². The average Bonchev–Trinajstić information content (AvgIpc) is 2.45. The van der Waals surface area contributed by atoms with Crippen LogP contribution >= 0.6 is 0 Å². The highest BCUT2D eigenvalue weighted by molar-refractivity contribution is 5.87. The summed E-state index contributed by atoms with van der Waals surface area (Å²) in [4.78, 5) is 24.7. The van der Waals surface area contributed by atoms with E-state index in [0.29, 0.717) is 17.9 Å². The fraction of sp³-hybridized carbons (Fsp3) is 0.895. The Hall–Kier alpha value is -1.10. The van der Waals surface area contributed by atoms with Crippen LogP contribution in [0.15, 0.2) is 0 Å². The Morgan fingerprint density at radius 1 is 1.04 bits per heavy atom. The Kier molecular flexibility index (Phi) is 4.92. The lowest BCUT2D eigenvalue weighted by Gasteiger charge is -2.54. The van der Waals surface area contributed by atoms with Crippen LogP contribution in [0.4, 0.5) is 0 Å². The highest BCUT2D eigenvalue weighted by atomic mass is 16.6. The first kappa shape index (κ1) is 17.7. The first-order valence-electron chi connectivity index (χ1n) is 9.44. The number of esters is 1. The number of carbonyl (C=O) groups is 2. The number of likely N-dealkylation sites (N-methyl/N-ethyl adjacent to an activating group) is 1. The summed E-state index contributed by atoms with van der Waals surface area (Å²) in [6.45, 7) is 5.52. The maximum atomic E-state index is 12.7. The fourth-order valence-electron chi connectivity index (χ4n) is 5.30. The predicted molar refractivity (Wildman–Crippen MR) is 92.3 cm³/mol. The zero-order chi connectivity index (χ0) is 17.5. The third-order valence-corrected chi connectivity index (χ3v) is 5.99. The molecule has 4 fully saturated rings. The van der Waals surface area contributed by atoms with Gasteiger partial charge in [0.05, 0.1) is 12.5 Å². The van der Waals surface area contributed by atoms with Crippen LogP contribution < -0.4 is 10.6 Å². The van der Waals surface area contributed by atoms with Crippen LogP contribution in [0.5, 0.6) is 0 Å². The van der Waals surface area contributed by atoms with Crippen molar-refractivity contribution in [1.82, 2.24) is 10.6 Å². The van der Waals surface area contributed by atoms with Crippen molar-refractivity contribution in [3.8, 4) is 0 Å². The summed E-state index contributed by atoms with van der Waals surface area (Å²) in [5.74, 6) is 2.68. The van der Waals surface area contributed by atoms with Crippen molar-refractivity contribution in [3.63, 3.8) is 0 Å². The monoisotopic (exact) mass is 336 g/mol. The Labute approximate surface area is 145 Å². The minimum absolute atomic E-state index is 0.0548. The molecule has 4 aliphatic rings. The number of hydrogen-bond donors (Lipinski definition) is 2. The average molecular weight is 336 g/mol. The van der Waals surface area contributed by atoms with Crippen molar-refractivity contribution >= 4 is 11.9 Å². The van der Waals surface area contributed by atoms with E-state index in [1.807, 2.05) is 20.8 Å². The van der Waals surface area contributed by atoms with E-state index in [1.54, 1.807) is 7.05 Å². The molecule has 1 amide bonds. The van der Waals surface area contributed by atoms with E-state index >= 15 is 0 Å². The minimum Gasteiger partial charge on any atom is -0.460 e. The number of rotatable bonds is 5. The minimum atomic E-state index is -0.521. The zero-order valence-electron chi connectivity index (χ0n) is 15.4. The summed E-state index contributed by atoms with van der Waals surface area (Å²) >= 11 is 0. The molecule has 4 rings (SSSR count). The molecule has 0 unspecified atom stereocenters. The second-order valence-corrected chi connectivity index (χ2v) is 9.10. The summed E-state index contributed by atoms with van der Waals surface area (Å²) in [6.07, 6.45) is 6.57. The van der Waals surface area contributed by atoms with Crippen LogP contribution in [-0.4, -0.2) is 36.6 Å². The lowest BCUT2D eigenvalue weighted by atomic mass is 9.54. The van der Waals surface area contributed by atoms with Gasteiger partial charge in [-0.2, -0.15) is 0 Å². The molecular weight excluding hydrogens is 304 g/mol. The number of nitrogens with one attached hydrogen (secondary N) is 2. The number of ether oxygens (including phenoxy) is 1. The quantitative estimate of drug-likeness (QED) is 0.756. The van der Waals surface area contributed by atoms with E-state index in [4.69, 9.17) is 4.74 Å². The largest absolute Gasteiger partial charge is 0.460 e. The molecule has 4 aliphatic carbocycles. The summed E-state index contributed by atoms with van der Waals surface area (Å²) in [6, 6.07) is -0.211. The third kappa shape index (κ3) is 3.93. The van der Waals surface area contributed by atoms with Crippen LogP contribution in [-0.2, 0) is 14.3 Å². The van der Waals surface area contributed by atoms with Crippen LogP contribution in [0, 0.1) is 23.7 Å². The molecule has 0 aliphatic heterocycles. The second kappa shape index (κ2) is 6.66. The Balaban J connectivity index is 1.56. The summed E-state index contributed by atoms with van der Waals surface area (Å²) < 4.78 is 5.35. The smallest absolute Gasteiger partial charge is 0.308 e. The molecule has 0 aromatic rings. The van der Waals surface area contributed by atoms with Gasteiger partial charge in [0.2, 0.25) is 5.91 Å². The number of hydrogen-bond acceptors (Lipinski definition) is 4. The maximum absolute atomic E-state index is 12.7. The molecule has 0 spiro atoms. The van der Waals surface area contributed by atoms with Crippen molar-refractivity contribution in [3.05, 3.63) is 0 Å². The number of carbonyl (C=O) groups excluding carboxylic acids is 2. The second-order valence-electron chi connectivity index (χ2n) is 9.10. The molecule has 4 saturated carbocycles. The molecule has 2 N–H and O–H groups in total. The van der Waals surface area contributed by atoms with Gasteiger partial charge in [0, 0.05) is 6.04 Å². The predicted octanol–water partition coefficient (Wildman–Crippen LogP) is 2.25. The standard InChI is InChI=1S/C19H32N2O3/c1-19(2,3)24-16(22)10-15(20-4)18(23)21-17-13-6-11-5-12(8-13)9-14(17)7-11/h11-15,17,20H,5-10H2,1-4H3,(H,21,23)/t11?,12?,13?,14?,15-,17?/m0/s1. The van der Waals surface area contributed by atoms with E-state index in [1.165, 1.54) is 32.1 Å². The normalized spacial score (nSPS) is 35.6.